The van der Waals surface area contributed by atoms with Gasteiger partial charge in [-0.15, -0.1) is 0 Å². The van der Waals surface area contributed by atoms with Gasteiger partial charge >= 0.3 is 0 Å². The average molecular weight is 193 g/mol. The molecule has 2 nitrogen and oxygen atoms in total. The van der Waals surface area contributed by atoms with Gasteiger partial charge in [-0.2, -0.15) is 0 Å². The van der Waals surface area contributed by atoms with Crippen molar-refractivity contribution >= 4 is 11.6 Å². The Labute approximate surface area is 86.3 Å². The molecule has 14 heavy (non-hydrogen) atoms. The number of hydrogen-bond donors (Lipinski definition) is 1. The highest BCUT2D eigenvalue weighted by Crippen LogP contribution is 2.04. The van der Waals surface area contributed by atoms with Crippen molar-refractivity contribution in [3.63, 3.8) is 0 Å². The lowest BCUT2D eigenvalue weighted by Gasteiger charge is -2.00. The molecule has 0 atom stereocenters. The Morgan fingerprint density at radius 1 is 1.14 bits per heavy atom. The molecule has 2 heteroatoms. The monoisotopic (exact) mass is 193 g/mol. The van der Waals surface area contributed by atoms with Crippen LogP contribution in [0.4, 0.5) is 5.69 Å². The maximum absolute atomic E-state index is 10.9. The van der Waals surface area contributed by atoms with E-state index in [0.717, 1.165) is 5.69 Å². The maximum atomic E-state index is 10.9. The van der Waals surface area contributed by atoms with E-state index in [1.165, 1.54) is 6.42 Å². The van der Waals surface area contributed by atoms with Gasteiger partial charge in [0.2, 0.25) is 5.91 Å². The summed E-state index contributed by atoms with van der Waals surface area (Å²) in [5, 5.41) is 2.75. The zero-order valence-corrected chi connectivity index (χ0v) is 9.21. The molecule has 1 aromatic carbocycles. The molecule has 0 radical (unpaired) electrons. The van der Waals surface area contributed by atoms with Gasteiger partial charge in [-0.25, -0.2) is 0 Å². The van der Waals surface area contributed by atoms with Crippen LogP contribution in [0.15, 0.2) is 30.3 Å². The first-order valence-corrected chi connectivity index (χ1v) is 5.09. The molecule has 0 aliphatic rings. The van der Waals surface area contributed by atoms with E-state index >= 15 is 0 Å². The SMILES string of the molecule is CCC.CCC(=O)Nc1ccccc1. The summed E-state index contributed by atoms with van der Waals surface area (Å²) in [6, 6.07) is 9.44. The second kappa shape index (κ2) is 8.30. The van der Waals surface area contributed by atoms with Gasteiger partial charge in [0.15, 0.2) is 0 Å². The predicted molar refractivity (Wildman–Crippen MR) is 61.3 cm³/mol. The summed E-state index contributed by atoms with van der Waals surface area (Å²) in [6.07, 6.45) is 1.77. The second-order valence-corrected chi connectivity index (χ2v) is 2.97. The van der Waals surface area contributed by atoms with Gasteiger partial charge < -0.3 is 5.32 Å². The lowest BCUT2D eigenvalue weighted by Crippen LogP contribution is -2.08. The highest BCUT2D eigenvalue weighted by molar-refractivity contribution is 5.90. The van der Waals surface area contributed by atoms with Crippen LogP contribution in [0.3, 0.4) is 0 Å². The van der Waals surface area contributed by atoms with Gasteiger partial charge in [-0.05, 0) is 12.1 Å². The summed E-state index contributed by atoms with van der Waals surface area (Å²) in [4.78, 5) is 10.9. The molecule has 0 unspecified atom stereocenters. The van der Waals surface area contributed by atoms with Crippen LogP contribution in [-0.4, -0.2) is 5.91 Å². The highest BCUT2D eigenvalue weighted by Gasteiger charge is 1.95. The Morgan fingerprint density at radius 2 is 1.64 bits per heavy atom. The molecule has 0 spiro atoms. The Balaban J connectivity index is 0.000000500. The zero-order chi connectivity index (χ0) is 10.8. The summed E-state index contributed by atoms with van der Waals surface area (Å²) in [5.41, 5.74) is 0.861. The fraction of sp³-hybridized carbons (Fsp3) is 0.417. The summed E-state index contributed by atoms with van der Waals surface area (Å²) in [5.74, 6) is 0.0520. The third-order valence-electron chi connectivity index (χ3n) is 1.38. The van der Waals surface area contributed by atoms with Crippen molar-refractivity contribution in [2.45, 2.75) is 33.6 Å². The third kappa shape index (κ3) is 6.23. The molecule has 0 saturated heterocycles. The minimum Gasteiger partial charge on any atom is -0.326 e. The largest absolute Gasteiger partial charge is 0.326 e. The van der Waals surface area contributed by atoms with Crippen molar-refractivity contribution in [3.05, 3.63) is 30.3 Å². The van der Waals surface area contributed by atoms with Crippen molar-refractivity contribution in [1.82, 2.24) is 0 Å². The molecule has 0 heterocycles. The van der Waals surface area contributed by atoms with E-state index in [-0.39, 0.29) is 5.91 Å². The van der Waals surface area contributed by atoms with E-state index in [1.54, 1.807) is 0 Å². The average Bonchev–Trinajstić information content (AvgIpc) is 2.20. The Bertz CT molecular complexity index is 244. The van der Waals surface area contributed by atoms with Crippen LogP contribution in [0.2, 0.25) is 0 Å². The highest BCUT2D eigenvalue weighted by atomic mass is 16.1. The molecule has 1 rings (SSSR count). The summed E-state index contributed by atoms with van der Waals surface area (Å²) < 4.78 is 0. The van der Waals surface area contributed by atoms with Crippen LogP contribution in [0.5, 0.6) is 0 Å². The van der Waals surface area contributed by atoms with E-state index in [1.807, 2.05) is 37.3 Å². The number of hydrogen-bond acceptors (Lipinski definition) is 1. The number of carbonyl (C=O) groups excluding carboxylic acids is 1. The van der Waals surface area contributed by atoms with Gasteiger partial charge in [-0.1, -0.05) is 45.4 Å². The quantitative estimate of drug-likeness (QED) is 0.765. The summed E-state index contributed by atoms with van der Waals surface area (Å²) in [6.45, 7) is 6.08. The maximum Gasteiger partial charge on any atom is 0.224 e. The lowest BCUT2D eigenvalue weighted by atomic mass is 10.3. The van der Waals surface area contributed by atoms with Crippen LogP contribution in [0, 0.1) is 0 Å². The van der Waals surface area contributed by atoms with Crippen LogP contribution in [0.25, 0.3) is 0 Å². The smallest absolute Gasteiger partial charge is 0.224 e. The van der Waals surface area contributed by atoms with Crippen LogP contribution < -0.4 is 5.32 Å². The van der Waals surface area contributed by atoms with Crippen LogP contribution in [0.1, 0.15) is 33.6 Å². The number of para-hydroxylation sites is 1. The molecule has 1 amide bonds. The number of amides is 1. The molecule has 1 aromatic rings. The molecular weight excluding hydrogens is 174 g/mol. The van der Waals surface area contributed by atoms with Crippen molar-refractivity contribution in [1.29, 1.82) is 0 Å². The predicted octanol–water partition coefficient (Wildman–Crippen LogP) is 3.45. The summed E-state index contributed by atoms with van der Waals surface area (Å²) in [7, 11) is 0. The molecular formula is C12H19NO. The number of rotatable bonds is 2. The molecule has 0 aromatic heterocycles. The van der Waals surface area contributed by atoms with E-state index in [9.17, 15) is 4.79 Å². The van der Waals surface area contributed by atoms with Crippen molar-refractivity contribution in [3.8, 4) is 0 Å². The van der Waals surface area contributed by atoms with Crippen molar-refractivity contribution < 1.29 is 4.79 Å². The third-order valence-corrected chi connectivity index (χ3v) is 1.38. The Hall–Kier alpha value is -1.31. The molecule has 0 fully saturated rings. The first kappa shape index (κ1) is 12.7. The Kier molecular flexibility index (Phi) is 7.52. The number of benzene rings is 1. The first-order valence-electron chi connectivity index (χ1n) is 5.09. The van der Waals surface area contributed by atoms with E-state index in [2.05, 4.69) is 19.2 Å². The summed E-state index contributed by atoms with van der Waals surface area (Å²) >= 11 is 0. The molecule has 0 aliphatic carbocycles. The van der Waals surface area contributed by atoms with Gasteiger partial charge in [0.05, 0.1) is 0 Å². The van der Waals surface area contributed by atoms with Gasteiger partial charge in [0.1, 0.15) is 0 Å². The van der Waals surface area contributed by atoms with E-state index in [0.29, 0.717) is 6.42 Å². The first-order chi connectivity index (χ1) is 6.74. The zero-order valence-electron chi connectivity index (χ0n) is 9.21. The van der Waals surface area contributed by atoms with E-state index < -0.39 is 0 Å². The van der Waals surface area contributed by atoms with Crippen molar-refractivity contribution in [2.24, 2.45) is 0 Å². The second-order valence-electron chi connectivity index (χ2n) is 2.97. The minimum absolute atomic E-state index is 0.0520. The fourth-order valence-electron chi connectivity index (χ4n) is 0.771. The molecule has 0 saturated carbocycles. The van der Waals surface area contributed by atoms with Gasteiger partial charge in [-0.3, -0.25) is 4.79 Å². The van der Waals surface area contributed by atoms with Gasteiger partial charge in [0, 0.05) is 12.1 Å². The van der Waals surface area contributed by atoms with E-state index in [4.69, 9.17) is 0 Å². The Morgan fingerprint density at radius 3 is 2.07 bits per heavy atom. The topological polar surface area (TPSA) is 29.1 Å². The van der Waals surface area contributed by atoms with Gasteiger partial charge in [0.25, 0.3) is 0 Å². The molecule has 1 N–H and O–H groups in total. The van der Waals surface area contributed by atoms with Crippen LogP contribution >= 0.6 is 0 Å². The lowest BCUT2D eigenvalue weighted by molar-refractivity contribution is -0.115. The minimum atomic E-state index is 0.0520. The molecule has 78 valence electrons. The van der Waals surface area contributed by atoms with Crippen molar-refractivity contribution in [2.75, 3.05) is 5.32 Å². The standard InChI is InChI=1S/C9H11NO.C3H8/c1-2-9(11)10-8-6-4-3-5-7-8;1-3-2/h3-7H,2H2,1H3,(H,10,11);3H2,1-2H3. The normalized spacial score (nSPS) is 8.50. The molecule has 0 bridgehead atoms. The molecule has 0 aliphatic heterocycles. The number of carbonyl (C=O) groups is 1. The number of anilines is 1. The van der Waals surface area contributed by atoms with Crippen LogP contribution in [-0.2, 0) is 4.79 Å². The fourth-order valence-corrected chi connectivity index (χ4v) is 0.771. The number of nitrogens with one attached hydrogen (secondary N) is 1.